The molecule has 0 radical (unpaired) electrons. The molecular weight excluding hydrogens is 656 g/mol. The van der Waals surface area contributed by atoms with Crippen molar-refractivity contribution >= 4 is 34.8 Å². The zero-order valence-corrected chi connectivity index (χ0v) is 28.7. The van der Waals surface area contributed by atoms with Crippen molar-refractivity contribution < 1.29 is 38.5 Å². The standard InChI is InChI=1S/C37H44N6O8/c1-49-25-14-15-27-29(18-25)39-32(43-17-9-16-38-43)20-31(27)50-26-19-30-33(44)41-37(35(46)47)21-23(37)10-5-3-2-4-6-13-28(34(45)42(30)22-26)40-36(48)51-24-11-7-8-12-24/h5,9-10,14-18,20,23-24,26,28,30H,2-4,6-8,11-13,19,21-22H2,1H3,(H,40,48)(H,41,44)(H,46,47)/b10-5-/t23-,26-,28-,30?,37-/m1/s1. The third-order valence-corrected chi connectivity index (χ3v) is 10.5. The minimum Gasteiger partial charge on any atom is -0.497 e. The van der Waals surface area contributed by atoms with Gasteiger partial charge in [-0.2, -0.15) is 5.10 Å². The van der Waals surface area contributed by atoms with Crippen molar-refractivity contribution in [1.82, 2.24) is 30.3 Å². The lowest BCUT2D eigenvalue weighted by molar-refractivity contribution is -0.145. The van der Waals surface area contributed by atoms with Gasteiger partial charge >= 0.3 is 12.1 Å². The summed E-state index contributed by atoms with van der Waals surface area (Å²) < 4.78 is 19.3. The Bertz CT molecular complexity index is 1810. The van der Waals surface area contributed by atoms with Crippen LogP contribution in [0.5, 0.6) is 11.5 Å². The molecule has 5 atom stereocenters. The van der Waals surface area contributed by atoms with Gasteiger partial charge < -0.3 is 34.9 Å². The number of methoxy groups -OCH3 is 1. The zero-order chi connectivity index (χ0) is 35.5. The molecule has 4 heterocycles. The maximum Gasteiger partial charge on any atom is 0.408 e. The average molecular weight is 701 g/mol. The molecule has 51 heavy (non-hydrogen) atoms. The molecule has 1 unspecified atom stereocenters. The number of fused-ring (bicyclic) bond motifs is 3. The van der Waals surface area contributed by atoms with Crippen molar-refractivity contribution in [3.05, 3.63) is 54.9 Å². The highest BCUT2D eigenvalue weighted by Crippen LogP contribution is 2.45. The fraction of sp³-hybridized carbons (Fsp3) is 0.514. The SMILES string of the molecule is COc1ccc2c(O[C@@H]3CC4C(=O)N[C@]5(C(=O)O)C[C@H]5/C=C\CCCCC[C@@H](NC(=O)OC5CCCC5)C(=O)N4C3)cc(-n3cccn3)nc2c1. The summed E-state index contributed by atoms with van der Waals surface area (Å²) in [5.74, 6) is -0.887. The van der Waals surface area contributed by atoms with Crippen molar-refractivity contribution in [3.8, 4) is 17.3 Å². The number of aliphatic carboxylic acids is 1. The third-order valence-electron chi connectivity index (χ3n) is 10.5. The van der Waals surface area contributed by atoms with Gasteiger partial charge in [0, 0.05) is 42.3 Å². The second-order valence-corrected chi connectivity index (χ2v) is 13.9. The highest BCUT2D eigenvalue weighted by Gasteiger charge is 2.61. The Morgan fingerprint density at radius 2 is 1.88 bits per heavy atom. The molecule has 7 rings (SSSR count). The van der Waals surface area contributed by atoms with Crippen LogP contribution in [-0.2, 0) is 19.1 Å². The molecule has 3 N–H and O–H groups in total. The van der Waals surface area contributed by atoms with Gasteiger partial charge in [-0.15, -0.1) is 0 Å². The summed E-state index contributed by atoms with van der Waals surface area (Å²) in [7, 11) is 1.57. The number of aromatic nitrogens is 3. The van der Waals surface area contributed by atoms with Crippen LogP contribution >= 0.6 is 0 Å². The Morgan fingerprint density at radius 3 is 2.65 bits per heavy atom. The molecule has 3 aromatic rings. The Balaban J connectivity index is 1.20. The zero-order valence-electron chi connectivity index (χ0n) is 28.7. The van der Waals surface area contributed by atoms with Crippen LogP contribution in [0, 0.1) is 5.92 Å². The molecule has 3 amide bonds. The molecule has 14 heteroatoms. The van der Waals surface area contributed by atoms with Crippen LogP contribution in [0.15, 0.2) is 54.9 Å². The van der Waals surface area contributed by atoms with Gasteiger partial charge in [0.15, 0.2) is 5.82 Å². The van der Waals surface area contributed by atoms with E-state index in [0.29, 0.717) is 41.1 Å². The lowest BCUT2D eigenvalue weighted by Gasteiger charge is -2.29. The maximum atomic E-state index is 14.4. The molecular formula is C37H44N6O8. The summed E-state index contributed by atoms with van der Waals surface area (Å²) >= 11 is 0. The van der Waals surface area contributed by atoms with Crippen LogP contribution in [0.25, 0.3) is 16.7 Å². The minimum atomic E-state index is -1.44. The number of alkyl carbamates (subject to hydrolysis) is 1. The van der Waals surface area contributed by atoms with E-state index >= 15 is 0 Å². The largest absolute Gasteiger partial charge is 0.497 e. The number of allylic oxidation sites excluding steroid dienone is 1. The van der Waals surface area contributed by atoms with Crippen molar-refractivity contribution in [1.29, 1.82) is 0 Å². The summed E-state index contributed by atoms with van der Waals surface area (Å²) in [5.41, 5.74) is -0.844. The van der Waals surface area contributed by atoms with E-state index in [4.69, 9.17) is 19.2 Å². The molecule has 0 spiro atoms. The van der Waals surface area contributed by atoms with E-state index in [9.17, 15) is 24.3 Å². The molecule has 1 aromatic carbocycles. The second-order valence-electron chi connectivity index (χ2n) is 13.9. The first-order valence-electron chi connectivity index (χ1n) is 17.9. The summed E-state index contributed by atoms with van der Waals surface area (Å²) in [6.45, 7) is 0.0350. The highest BCUT2D eigenvalue weighted by molar-refractivity contribution is 5.96. The molecule has 270 valence electrons. The number of ether oxygens (including phenoxy) is 3. The highest BCUT2D eigenvalue weighted by atomic mass is 16.6. The summed E-state index contributed by atoms with van der Waals surface area (Å²) in [6.07, 6.45) is 13.1. The summed E-state index contributed by atoms with van der Waals surface area (Å²) in [5, 5.41) is 20.8. The normalized spacial score (nSPS) is 27.7. The van der Waals surface area contributed by atoms with Crippen LogP contribution in [-0.4, -0.2) is 92.1 Å². The van der Waals surface area contributed by atoms with E-state index in [1.54, 1.807) is 48.5 Å². The lowest BCUT2D eigenvalue weighted by Crippen LogP contribution is -2.56. The van der Waals surface area contributed by atoms with Crippen LogP contribution in [0.4, 0.5) is 4.79 Å². The molecule has 2 aromatic heterocycles. The maximum absolute atomic E-state index is 14.4. The lowest BCUT2D eigenvalue weighted by atomic mass is 10.0. The number of benzene rings is 1. The van der Waals surface area contributed by atoms with Crippen molar-refractivity contribution in [3.63, 3.8) is 0 Å². The van der Waals surface area contributed by atoms with Crippen molar-refractivity contribution in [2.45, 2.75) is 100 Å². The molecule has 2 saturated carbocycles. The van der Waals surface area contributed by atoms with Crippen molar-refractivity contribution in [2.24, 2.45) is 5.92 Å². The predicted octanol–water partition coefficient (Wildman–Crippen LogP) is 4.29. The van der Waals surface area contributed by atoms with E-state index < -0.39 is 47.6 Å². The van der Waals surface area contributed by atoms with Gasteiger partial charge in [-0.1, -0.05) is 25.0 Å². The number of carboxylic acids is 1. The van der Waals surface area contributed by atoms with Gasteiger partial charge in [0.25, 0.3) is 0 Å². The number of carboxylic acid groups (broad SMARTS) is 1. The van der Waals surface area contributed by atoms with Crippen LogP contribution < -0.4 is 20.1 Å². The number of carbonyl (C=O) groups is 4. The second kappa shape index (κ2) is 14.6. The summed E-state index contributed by atoms with van der Waals surface area (Å²) in [4.78, 5) is 60.3. The predicted molar refractivity (Wildman–Crippen MR) is 184 cm³/mol. The molecule has 2 aliphatic heterocycles. The topological polar surface area (TPSA) is 174 Å². The van der Waals surface area contributed by atoms with Crippen LogP contribution in [0.3, 0.4) is 0 Å². The first-order chi connectivity index (χ1) is 24.7. The van der Waals surface area contributed by atoms with E-state index in [1.165, 1.54) is 4.90 Å². The first kappa shape index (κ1) is 34.3. The number of rotatable bonds is 7. The molecule has 0 bridgehead atoms. The smallest absolute Gasteiger partial charge is 0.408 e. The Labute approximate surface area is 295 Å². The van der Waals surface area contributed by atoms with Crippen LogP contribution in [0.2, 0.25) is 0 Å². The fourth-order valence-electron chi connectivity index (χ4n) is 7.57. The number of hydrogen-bond acceptors (Lipinski definition) is 9. The number of pyridine rings is 1. The van der Waals surface area contributed by atoms with E-state index in [2.05, 4.69) is 15.7 Å². The summed E-state index contributed by atoms with van der Waals surface area (Å²) in [6, 6.07) is 6.98. The Morgan fingerprint density at radius 1 is 1.06 bits per heavy atom. The fourth-order valence-corrected chi connectivity index (χ4v) is 7.57. The molecule has 14 nitrogen and oxygen atoms in total. The Kier molecular flexibility index (Phi) is 9.83. The number of carbonyl (C=O) groups excluding carboxylic acids is 3. The van der Waals surface area contributed by atoms with Gasteiger partial charge in [0.2, 0.25) is 11.8 Å². The van der Waals surface area contributed by atoms with Crippen LogP contribution in [0.1, 0.15) is 70.6 Å². The number of hydrogen-bond donors (Lipinski definition) is 3. The molecule has 1 saturated heterocycles. The van der Waals surface area contributed by atoms with Gasteiger partial charge in [-0.05, 0) is 69.6 Å². The monoisotopic (exact) mass is 700 g/mol. The van der Waals surface area contributed by atoms with Gasteiger partial charge in [-0.3, -0.25) is 9.59 Å². The van der Waals surface area contributed by atoms with Gasteiger partial charge in [0.05, 0.1) is 19.2 Å². The minimum absolute atomic E-state index is 0.0350. The Hall–Kier alpha value is -5.14. The van der Waals surface area contributed by atoms with Gasteiger partial charge in [-0.25, -0.2) is 19.3 Å². The van der Waals surface area contributed by atoms with Crippen molar-refractivity contribution in [2.75, 3.05) is 13.7 Å². The average Bonchev–Trinajstić information content (AvgIpc) is 3.61. The molecule has 2 aliphatic carbocycles. The molecule has 3 fully saturated rings. The third kappa shape index (κ3) is 7.35. The number of nitrogens with zero attached hydrogens (tertiary/aromatic N) is 4. The van der Waals surface area contributed by atoms with E-state index in [1.807, 2.05) is 18.2 Å². The van der Waals surface area contributed by atoms with Gasteiger partial charge in [0.1, 0.15) is 41.3 Å². The quantitative estimate of drug-likeness (QED) is 0.302. The molecule has 4 aliphatic rings. The number of amides is 3. The number of nitrogens with one attached hydrogen (secondary N) is 2. The first-order valence-corrected chi connectivity index (χ1v) is 17.9. The van der Waals surface area contributed by atoms with E-state index in [-0.39, 0.29) is 31.4 Å². The van der Waals surface area contributed by atoms with E-state index in [0.717, 1.165) is 44.9 Å².